The molecule has 19 heavy (non-hydrogen) atoms. The van der Waals surface area contributed by atoms with E-state index in [1.54, 1.807) is 0 Å². The molecule has 0 aliphatic carbocycles. The lowest BCUT2D eigenvalue weighted by Crippen LogP contribution is -2.24. The van der Waals surface area contributed by atoms with Crippen LogP contribution in [0.2, 0.25) is 0 Å². The van der Waals surface area contributed by atoms with E-state index in [0.717, 1.165) is 6.54 Å². The van der Waals surface area contributed by atoms with Crippen LogP contribution in [0, 0.1) is 6.92 Å². The number of thioether (sulfide) groups is 1. The standard InChI is InChI=1S/C17H19NS/c1-13-6-8-14(9-7-13)12-18-16-10-11-19-17-5-3-2-4-15(16)17/h2-9,16,18H,10-12H2,1H3. The molecule has 1 heterocycles. The van der Waals surface area contributed by atoms with Crippen molar-refractivity contribution in [1.82, 2.24) is 5.32 Å². The third-order valence-corrected chi connectivity index (χ3v) is 4.75. The van der Waals surface area contributed by atoms with Gasteiger partial charge >= 0.3 is 0 Å². The summed E-state index contributed by atoms with van der Waals surface area (Å²) in [4.78, 5) is 1.44. The van der Waals surface area contributed by atoms with Crippen molar-refractivity contribution in [2.24, 2.45) is 0 Å². The van der Waals surface area contributed by atoms with Gasteiger partial charge in [0.25, 0.3) is 0 Å². The van der Waals surface area contributed by atoms with E-state index in [2.05, 4.69) is 60.8 Å². The normalized spacial score (nSPS) is 18.1. The maximum Gasteiger partial charge on any atom is 0.0342 e. The van der Waals surface area contributed by atoms with Gasteiger partial charge in [-0.3, -0.25) is 0 Å². The molecule has 98 valence electrons. The lowest BCUT2D eigenvalue weighted by molar-refractivity contribution is 0.510. The Balaban J connectivity index is 1.69. The van der Waals surface area contributed by atoms with E-state index < -0.39 is 0 Å². The van der Waals surface area contributed by atoms with Gasteiger partial charge in [-0.15, -0.1) is 11.8 Å². The molecule has 2 aromatic carbocycles. The summed E-state index contributed by atoms with van der Waals surface area (Å²) in [7, 11) is 0. The van der Waals surface area contributed by atoms with E-state index >= 15 is 0 Å². The third kappa shape index (κ3) is 3.02. The molecular weight excluding hydrogens is 250 g/mol. The van der Waals surface area contributed by atoms with Crippen molar-refractivity contribution in [3.05, 3.63) is 65.2 Å². The van der Waals surface area contributed by atoms with E-state index in [1.165, 1.54) is 33.8 Å². The lowest BCUT2D eigenvalue weighted by atomic mass is 10.0. The molecule has 1 aliphatic rings. The smallest absolute Gasteiger partial charge is 0.0342 e. The SMILES string of the molecule is Cc1ccc(CNC2CCSc3ccccc32)cc1. The molecule has 0 radical (unpaired) electrons. The Labute approximate surface area is 119 Å². The summed E-state index contributed by atoms with van der Waals surface area (Å²) in [5.41, 5.74) is 4.15. The zero-order chi connectivity index (χ0) is 13.1. The van der Waals surface area contributed by atoms with Gasteiger partial charge in [0.05, 0.1) is 0 Å². The molecule has 1 N–H and O–H groups in total. The molecule has 0 bridgehead atoms. The minimum Gasteiger partial charge on any atom is -0.306 e. The summed E-state index contributed by atoms with van der Waals surface area (Å²) in [6.45, 7) is 3.08. The van der Waals surface area contributed by atoms with Crippen molar-refractivity contribution in [2.75, 3.05) is 5.75 Å². The number of fused-ring (bicyclic) bond motifs is 1. The summed E-state index contributed by atoms with van der Waals surface area (Å²) >= 11 is 1.98. The van der Waals surface area contributed by atoms with Gasteiger partial charge in [0.15, 0.2) is 0 Å². The second-order valence-electron chi connectivity index (χ2n) is 5.09. The Kier molecular flexibility index (Phi) is 3.90. The van der Waals surface area contributed by atoms with Crippen molar-refractivity contribution in [3.63, 3.8) is 0 Å². The van der Waals surface area contributed by atoms with Gasteiger partial charge in [0.2, 0.25) is 0 Å². The quantitative estimate of drug-likeness (QED) is 0.890. The minimum atomic E-state index is 0.499. The van der Waals surface area contributed by atoms with E-state index in [9.17, 15) is 0 Å². The Morgan fingerprint density at radius 2 is 1.89 bits per heavy atom. The van der Waals surface area contributed by atoms with Crippen molar-refractivity contribution in [2.45, 2.75) is 30.8 Å². The number of hydrogen-bond donors (Lipinski definition) is 1. The van der Waals surface area contributed by atoms with Crippen LogP contribution < -0.4 is 5.32 Å². The van der Waals surface area contributed by atoms with Crippen LogP contribution in [-0.4, -0.2) is 5.75 Å². The second-order valence-corrected chi connectivity index (χ2v) is 6.23. The maximum absolute atomic E-state index is 3.70. The second kappa shape index (κ2) is 5.81. The van der Waals surface area contributed by atoms with E-state index in [-0.39, 0.29) is 0 Å². The highest BCUT2D eigenvalue weighted by molar-refractivity contribution is 7.99. The number of aryl methyl sites for hydroxylation is 1. The van der Waals surface area contributed by atoms with Crippen molar-refractivity contribution in [3.8, 4) is 0 Å². The monoisotopic (exact) mass is 269 g/mol. The average molecular weight is 269 g/mol. The van der Waals surface area contributed by atoms with Crippen LogP contribution in [-0.2, 0) is 6.54 Å². The summed E-state index contributed by atoms with van der Waals surface area (Å²) in [6.07, 6.45) is 1.22. The zero-order valence-corrected chi connectivity index (χ0v) is 12.0. The van der Waals surface area contributed by atoms with Crippen LogP contribution in [0.1, 0.15) is 29.2 Å². The van der Waals surface area contributed by atoms with Crippen LogP contribution >= 0.6 is 11.8 Å². The van der Waals surface area contributed by atoms with Crippen LogP contribution in [0.4, 0.5) is 0 Å². The van der Waals surface area contributed by atoms with E-state index in [0.29, 0.717) is 6.04 Å². The Morgan fingerprint density at radius 3 is 2.74 bits per heavy atom. The molecule has 0 amide bonds. The van der Waals surface area contributed by atoms with Crippen molar-refractivity contribution < 1.29 is 0 Å². The Hall–Kier alpha value is -1.25. The largest absolute Gasteiger partial charge is 0.306 e. The first-order valence-corrected chi connectivity index (χ1v) is 7.82. The lowest BCUT2D eigenvalue weighted by Gasteiger charge is -2.26. The fourth-order valence-corrected chi connectivity index (χ4v) is 3.63. The highest BCUT2D eigenvalue weighted by atomic mass is 32.2. The van der Waals surface area contributed by atoms with Gasteiger partial charge in [-0.05, 0) is 36.3 Å². The summed E-state index contributed by atoms with van der Waals surface area (Å²) in [5, 5.41) is 3.70. The highest BCUT2D eigenvalue weighted by Gasteiger charge is 2.19. The summed E-state index contributed by atoms with van der Waals surface area (Å²) < 4.78 is 0. The molecule has 1 aliphatic heterocycles. The Morgan fingerprint density at radius 1 is 1.11 bits per heavy atom. The van der Waals surface area contributed by atoms with Crippen LogP contribution in [0.15, 0.2) is 53.4 Å². The van der Waals surface area contributed by atoms with Crippen molar-refractivity contribution in [1.29, 1.82) is 0 Å². The molecule has 1 atom stereocenters. The first-order chi connectivity index (χ1) is 9.33. The van der Waals surface area contributed by atoms with Crippen LogP contribution in [0.25, 0.3) is 0 Å². The van der Waals surface area contributed by atoms with E-state index in [1.807, 2.05) is 11.8 Å². The maximum atomic E-state index is 3.70. The predicted octanol–water partition coefficient (Wildman–Crippen LogP) is 4.32. The molecule has 0 fully saturated rings. The molecule has 0 aromatic heterocycles. The van der Waals surface area contributed by atoms with Crippen molar-refractivity contribution >= 4 is 11.8 Å². The van der Waals surface area contributed by atoms with Gasteiger partial charge in [-0.2, -0.15) is 0 Å². The first-order valence-electron chi connectivity index (χ1n) is 6.83. The highest BCUT2D eigenvalue weighted by Crippen LogP contribution is 2.35. The molecule has 2 heteroatoms. The van der Waals surface area contributed by atoms with E-state index in [4.69, 9.17) is 0 Å². The van der Waals surface area contributed by atoms with Crippen LogP contribution in [0.3, 0.4) is 0 Å². The topological polar surface area (TPSA) is 12.0 Å². The zero-order valence-electron chi connectivity index (χ0n) is 11.2. The molecule has 0 saturated heterocycles. The third-order valence-electron chi connectivity index (χ3n) is 3.63. The Bertz CT molecular complexity index is 547. The fourth-order valence-electron chi connectivity index (χ4n) is 2.50. The summed E-state index contributed by atoms with van der Waals surface area (Å²) in [5.74, 6) is 1.21. The van der Waals surface area contributed by atoms with Gasteiger partial charge in [-0.1, -0.05) is 48.0 Å². The fraction of sp³-hybridized carbons (Fsp3) is 0.294. The molecular formula is C17H19NS. The minimum absolute atomic E-state index is 0.499. The average Bonchev–Trinajstić information content (AvgIpc) is 2.47. The number of hydrogen-bond acceptors (Lipinski definition) is 2. The van der Waals surface area contributed by atoms with Gasteiger partial charge in [-0.25, -0.2) is 0 Å². The van der Waals surface area contributed by atoms with Gasteiger partial charge in [0, 0.05) is 17.5 Å². The molecule has 2 aromatic rings. The molecule has 0 saturated carbocycles. The summed E-state index contributed by atoms with van der Waals surface area (Å²) in [6, 6.07) is 18.1. The number of rotatable bonds is 3. The molecule has 0 spiro atoms. The predicted molar refractivity (Wildman–Crippen MR) is 82.5 cm³/mol. The van der Waals surface area contributed by atoms with Crippen LogP contribution in [0.5, 0.6) is 0 Å². The van der Waals surface area contributed by atoms with Gasteiger partial charge in [0.1, 0.15) is 0 Å². The molecule has 1 nitrogen and oxygen atoms in total. The number of nitrogens with one attached hydrogen (secondary N) is 1. The number of benzene rings is 2. The first kappa shape index (κ1) is 12.8. The molecule has 1 unspecified atom stereocenters. The van der Waals surface area contributed by atoms with Gasteiger partial charge < -0.3 is 5.32 Å². The molecule has 3 rings (SSSR count).